The lowest BCUT2D eigenvalue weighted by Crippen LogP contribution is -1.94. The highest BCUT2D eigenvalue weighted by molar-refractivity contribution is 7.14. The van der Waals surface area contributed by atoms with E-state index in [9.17, 15) is 4.79 Å². The lowest BCUT2D eigenvalue weighted by Gasteiger charge is -2.04. The third kappa shape index (κ3) is 4.24. The minimum absolute atomic E-state index is 0.232. The second kappa shape index (κ2) is 7.17. The van der Waals surface area contributed by atoms with Crippen molar-refractivity contribution >= 4 is 40.8 Å². The molecule has 0 atom stereocenters. The van der Waals surface area contributed by atoms with Crippen molar-refractivity contribution in [3.63, 3.8) is 0 Å². The fourth-order valence-corrected chi connectivity index (χ4v) is 2.97. The summed E-state index contributed by atoms with van der Waals surface area (Å²) in [5.74, 6) is -0.179. The molecule has 7 heteroatoms. The van der Waals surface area contributed by atoms with Crippen molar-refractivity contribution in [3.05, 3.63) is 62.5 Å². The first-order valence-electron chi connectivity index (χ1n) is 6.68. The molecule has 1 aromatic carbocycles. The summed E-state index contributed by atoms with van der Waals surface area (Å²) in [7, 11) is 0. The Hall–Kier alpha value is -2.51. The molecule has 0 fully saturated rings. The summed E-state index contributed by atoms with van der Waals surface area (Å²) in [4.78, 5) is 19.2. The lowest BCUT2D eigenvalue weighted by molar-refractivity contribution is 0.0702. The van der Waals surface area contributed by atoms with Crippen LogP contribution in [0, 0.1) is 0 Å². The topological polar surface area (TPSA) is 72.3 Å². The number of carboxylic acids is 1. The van der Waals surface area contributed by atoms with E-state index in [1.807, 2.05) is 35.7 Å². The van der Waals surface area contributed by atoms with Crippen molar-refractivity contribution in [2.24, 2.45) is 0 Å². The maximum absolute atomic E-state index is 10.8. The number of rotatable bonds is 6. The van der Waals surface area contributed by atoms with Gasteiger partial charge in [0.2, 0.25) is 0 Å². The monoisotopic (exact) mass is 344 g/mol. The molecule has 2 heterocycles. The quantitative estimate of drug-likeness (QED) is 0.730. The normalized spacial score (nSPS) is 11.0. The Morgan fingerprint density at radius 1 is 1.22 bits per heavy atom. The van der Waals surface area contributed by atoms with Crippen LogP contribution in [0.15, 0.2) is 41.4 Å². The molecule has 0 aliphatic carbocycles. The zero-order chi connectivity index (χ0) is 16.1. The van der Waals surface area contributed by atoms with Gasteiger partial charge in [-0.05, 0) is 23.8 Å². The van der Waals surface area contributed by atoms with Crippen LogP contribution < -0.4 is 4.74 Å². The number of nitrogens with zero attached hydrogens (tertiary/aromatic N) is 2. The molecule has 2 aromatic heterocycles. The molecule has 3 aromatic rings. The van der Waals surface area contributed by atoms with Crippen molar-refractivity contribution in [1.29, 1.82) is 0 Å². The average molecular weight is 344 g/mol. The smallest absolute Gasteiger partial charge is 0.347 e. The van der Waals surface area contributed by atoms with Crippen LogP contribution in [0.25, 0.3) is 12.2 Å². The lowest BCUT2D eigenvalue weighted by atomic mass is 10.2. The average Bonchev–Trinajstić information content (AvgIpc) is 3.23. The van der Waals surface area contributed by atoms with Crippen molar-refractivity contribution in [2.45, 2.75) is 6.61 Å². The molecule has 0 unspecified atom stereocenters. The Labute approximate surface area is 140 Å². The second-order valence-electron chi connectivity index (χ2n) is 4.54. The van der Waals surface area contributed by atoms with Gasteiger partial charge in [0.25, 0.3) is 0 Å². The third-order valence-electron chi connectivity index (χ3n) is 2.90. The van der Waals surface area contributed by atoms with Gasteiger partial charge in [-0.25, -0.2) is 14.8 Å². The molecule has 23 heavy (non-hydrogen) atoms. The Bertz CT molecular complexity index is 808. The molecule has 5 nitrogen and oxygen atoms in total. The van der Waals surface area contributed by atoms with Crippen molar-refractivity contribution in [1.82, 2.24) is 9.97 Å². The fourth-order valence-electron chi connectivity index (χ4n) is 1.77. The molecule has 1 N–H and O–H groups in total. The summed E-state index contributed by atoms with van der Waals surface area (Å²) in [5, 5.41) is 11.5. The number of thiazole rings is 2. The number of hydrogen-bond donors (Lipinski definition) is 1. The molecular weight excluding hydrogens is 332 g/mol. The Morgan fingerprint density at radius 3 is 2.70 bits per heavy atom. The van der Waals surface area contributed by atoms with Gasteiger partial charge in [-0.3, -0.25) is 0 Å². The molecule has 0 radical (unpaired) electrons. The standard InChI is InChI=1S/C16H12N2O3S2/c19-16(20)14-7-17-15(23-14)6-3-11-1-4-13(5-2-11)21-8-12-9-22-10-18-12/h1-7,9-10H,8H2,(H,19,20)/b6-3+. The van der Waals surface area contributed by atoms with E-state index >= 15 is 0 Å². The van der Waals surface area contributed by atoms with Crippen LogP contribution in [0.1, 0.15) is 25.9 Å². The highest BCUT2D eigenvalue weighted by Gasteiger charge is 2.06. The molecule has 0 spiro atoms. The zero-order valence-corrected chi connectivity index (χ0v) is 13.5. The molecule has 0 saturated carbocycles. The van der Waals surface area contributed by atoms with Crippen molar-refractivity contribution < 1.29 is 14.6 Å². The first-order chi connectivity index (χ1) is 11.2. The van der Waals surface area contributed by atoms with Gasteiger partial charge < -0.3 is 9.84 Å². The van der Waals surface area contributed by atoms with Crippen LogP contribution in [0.4, 0.5) is 0 Å². The summed E-state index contributed by atoms with van der Waals surface area (Å²) in [6, 6.07) is 7.63. The van der Waals surface area contributed by atoms with E-state index in [0.717, 1.165) is 28.3 Å². The van der Waals surface area contributed by atoms with Crippen molar-refractivity contribution in [2.75, 3.05) is 0 Å². The zero-order valence-electron chi connectivity index (χ0n) is 11.9. The summed E-state index contributed by atoms with van der Waals surface area (Å²) < 4.78 is 5.64. The number of benzene rings is 1. The Morgan fingerprint density at radius 2 is 2.04 bits per heavy atom. The predicted molar refractivity (Wildman–Crippen MR) is 90.9 cm³/mol. The SMILES string of the molecule is O=C(O)c1cnc(/C=C/c2ccc(OCc3cscn3)cc2)s1. The van der Waals surface area contributed by atoms with Crippen LogP contribution in [0.5, 0.6) is 5.75 Å². The number of ether oxygens (including phenoxy) is 1. The minimum atomic E-state index is -0.955. The maximum Gasteiger partial charge on any atom is 0.347 e. The predicted octanol–water partition coefficient (Wildman–Crippen LogP) is 4.05. The summed E-state index contributed by atoms with van der Waals surface area (Å²) >= 11 is 2.69. The fraction of sp³-hybridized carbons (Fsp3) is 0.0625. The number of carbonyl (C=O) groups is 1. The first kappa shape index (κ1) is 15.4. The number of aromatic carboxylic acids is 1. The van der Waals surface area contributed by atoms with E-state index in [0.29, 0.717) is 11.6 Å². The molecule has 0 amide bonds. The Kier molecular flexibility index (Phi) is 4.80. The highest BCUT2D eigenvalue weighted by Crippen LogP contribution is 2.18. The molecule has 3 rings (SSSR count). The molecule has 0 aliphatic heterocycles. The van der Waals surface area contributed by atoms with Crippen LogP contribution in [0.3, 0.4) is 0 Å². The summed E-state index contributed by atoms with van der Waals surface area (Å²) in [6.45, 7) is 0.454. The summed E-state index contributed by atoms with van der Waals surface area (Å²) in [5.41, 5.74) is 3.68. The van der Waals surface area contributed by atoms with E-state index in [1.165, 1.54) is 6.20 Å². The van der Waals surface area contributed by atoms with Crippen LogP contribution in [-0.4, -0.2) is 21.0 Å². The van der Waals surface area contributed by atoms with Crippen molar-refractivity contribution in [3.8, 4) is 5.75 Å². The van der Waals surface area contributed by atoms with Gasteiger partial charge >= 0.3 is 5.97 Å². The van der Waals surface area contributed by atoms with E-state index in [4.69, 9.17) is 9.84 Å². The molecule has 0 aliphatic rings. The van der Waals surface area contributed by atoms with E-state index < -0.39 is 5.97 Å². The first-order valence-corrected chi connectivity index (χ1v) is 8.44. The van der Waals surface area contributed by atoms with Crippen LogP contribution in [-0.2, 0) is 6.61 Å². The summed E-state index contributed by atoms with van der Waals surface area (Å²) in [6.07, 6.45) is 5.04. The van der Waals surface area contributed by atoms with Gasteiger partial charge in [0.15, 0.2) is 0 Å². The third-order valence-corrected chi connectivity index (χ3v) is 4.49. The largest absolute Gasteiger partial charge is 0.487 e. The van der Waals surface area contributed by atoms with Crippen LogP contribution in [0.2, 0.25) is 0 Å². The number of aromatic nitrogens is 2. The molecule has 0 saturated heterocycles. The molecule has 0 bridgehead atoms. The van der Waals surface area contributed by atoms with Gasteiger partial charge in [0, 0.05) is 5.38 Å². The van der Waals surface area contributed by atoms with Gasteiger partial charge in [0.1, 0.15) is 22.2 Å². The van der Waals surface area contributed by atoms with Gasteiger partial charge in [0.05, 0.1) is 17.4 Å². The van der Waals surface area contributed by atoms with Gasteiger partial charge in [-0.2, -0.15) is 0 Å². The minimum Gasteiger partial charge on any atom is -0.487 e. The van der Waals surface area contributed by atoms with E-state index in [1.54, 1.807) is 22.9 Å². The van der Waals surface area contributed by atoms with Gasteiger partial charge in [-0.1, -0.05) is 18.2 Å². The van der Waals surface area contributed by atoms with E-state index in [-0.39, 0.29) is 4.88 Å². The molecule has 116 valence electrons. The molecular formula is C16H12N2O3S2. The highest BCUT2D eigenvalue weighted by atomic mass is 32.1. The second-order valence-corrected chi connectivity index (χ2v) is 6.32. The number of hydrogen-bond acceptors (Lipinski definition) is 6. The maximum atomic E-state index is 10.8. The number of carboxylic acid groups (broad SMARTS) is 1. The van der Waals surface area contributed by atoms with Gasteiger partial charge in [-0.15, -0.1) is 22.7 Å². The van der Waals surface area contributed by atoms with E-state index in [2.05, 4.69) is 9.97 Å². The van der Waals surface area contributed by atoms with Crippen LogP contribution >= 0.6 is 22.7 Å². The Balaban J connectivity index is 1.60.